The highest BCUT2D eigenvalue weighted by Crippen LogP contribution is 2.16. The van der Waals surface area contributed by atoms with Crippen LogP contribution >= 0.6 is 0 Å². The molecule has 0 aliphatic carbocycles. The van der Waals surface area contributed by atoms with Gasteiger partial charge in [-0.3, -0.25) is 4.90 Å². The fourth-order valence-corrected chi connectivity index (χ4v) is 2.93. The molecule has 1 saturated heterocycles. The first-order chi connectivity index (χ1) is 9.70. The summed E-state index contributed by atoms with van der Waals surface area (Å²) >= 11 is 0. The van der Waals surface area contributed by atoms with Crippen molar-refractivity contribution in [2.24, 2.45) is 0 Å². The molecule has 2 rings (SSSR count). The number of hydrogen-bond acceptors (Lipinski definition) is 3. The van der Waals surface area contributed by atoms with Gasteiger partial charge in [0.25, 0.3) is 0 Å². The number of benzene rings is 1. The van der Waals surface area contributed by atoms with Crippen molar-refractivity contribution in [2.75, 3.05) is 26.7 Å². The van der Waals surface area contributed by atoms with E-state index in [1.165, 1.54) is 25.8 Å². The fraction of sp³-hybridized carbons (Fsp3) is 0.588. The standard InChI is InChI=1S/C17H25N3/c1-15-7-5-6-10-20(15)12-11-19(2)14-17-9-4-3-8-16(17)13-18/h3-4,8-9,15H,5-7,10-12,14H2,1-2H3/t15-/m1/s1. The van der Waals surface area contributed by atoms with Gasteiger partial charge < -0.3 is 4.90 Å². The highest BCUT2D eigenvalue weighted by atomic mass is 15.2. The monoisotopic (exact) mass is 271 g/mol. The molecule has 1 fully saturated rings. The Balaban J connectivity index is 1.83. The van der Waals surface area contributed by atoms with Gasteiger partial charge >= 0.3 is 0 Å². The number of nitrogens with zero attached hydrogens (tertiary/aromatic N) is 3. The summed E-state index contributed by atoms with van der Waals surface area (Å²) < 4.78 is 0. The summed E-state index contributed by atoms with van der Waals surface area (Å²) in [7, 11) is 2.14. The molecule has 0 aromatic heterocycles. The van der Waals surface area contributed by atoms with Crippen molar-refractivity contribution in [1.82, 2.24) is 9.80 Å². The number of hydrogen-bond donors (Lipinski definition) is 0. The molecule has 1 aromatic rings. The van der Waals surface area contributed by atoms with Crippen LogP contribution in [-0.4, -0.2) is 42.5 Å². The van der Waals surface area contributed by atoms with Gasteiger partial charge in [-0.05, 0) is 45.0 Å². The largest absolute Gasteiger partial charge is 0.301 e. The van der Waals surface area contributed by atoms with E-state index in [1.807, 2.05) is 18.2 Å². The molecule has 0 unspecified atom stereocenters. The second-order valence-corrected chi connectivity index (χ2v) is 5.89. The van der Waals surface area contributed by atoms with Crippen molar-refractivity contribution < 1.29 is 0 Å². The minimum atomic E-state index is 0.726. The Hall–Kier alpha value is -1.37. The number of likely N-dealkylation sites (N-methyl/N-ethyl adjacent to an activating group) is 1. The fourth-order valence-electron chi connectivity index (χ4n) is 2.93. The Labute approximate surface area is 122 Å². The average Bonchev–Trinajstić information content (AvgIpc) is 2.47. The summed E-state index contributed by atoms with van der Waals surface area (Å²) in [5, 5.41) is 9.12. The molecule has 0 radical (unpaired) electrons. The Morgan fingerprint density at radius 3 is 2.90 bits per heavy atom. The van der Waals surface area contributed by atoms with E-state index < -0.39 is 0 Å². The van der Waals surface area contributed by atoms with Crippen LogP contribution in [0.5, 0.6) is 0 Å². The smallest absolute Gasteiger partial charge is 0.0995 e. The van der Waals surface area contributed by atoms with Gasteiger partial charge in [0.15, 0.2) is 0 Å². The second kappa shape index (κ2) is 7.42. The zero-order valence-corrected chi connectivity index (χ0v) is 12.7. The van der Waals surface area contributed by atoms with Crippen LogP contribution in [0, 0.1) is 11.3 Å². The summed E-state index contributed by atoms with van der Waals surface area (Å²) in [6.07, 6.45) is 4.05. The molecule has 0 bridgehead atoms. The molecular formula is C17H25N3. The van der Waals surface area contributed by atoms with Crippen LogP contribution in [-0.2, 0) is 6.54 Å². The molecule has 0 saturated carbocycles. The van der Waals surface area contributed by atoms with E-state index in [-0.39, 0.29) is 0 Å². The predicted molar refractivity (Wildman–Crippen MR) is 82.4 cm³/mol. The quantitative estimate of drug-likeness (QED) is 0.825. The SMILES string of the molecule is C[C@@H]1CCCCN1CCN(C)Cc1ccccc1C#N. The Morgan fingerprint density at radius 1 is 1.35 bits per heavy atom. The molecule has 1 aliphatic rings. The van der Waals surface area contributed by atoms with Crippen molar-refractivity contribution in [3.63, 3.8) is 0 Å². The van der Waals surface area contributed by atoms with E-state index in [2.05, 4.69) is 35.9 Å². The van der Waals surface area contributed by atoms with Crippen LogP contribution < -0.4 is 0 Å². The maximum Gasteiger partial charge on any atom is 0.0995 e. The second-order valence-electron chi connectivity index (χ2n) is 5.89. The van der Waals surface area contributed by atoms with Crippen LogP contribution in [0.15, 0.2) is 24.3 Å². The maximum absolute atomic E-state index is 9.12. The van der Waals surface area contributed by atoms with Crippen molar-refractivity contribution in [3.05, 3.63) is 35.4 Å². The molecule has 3 heteroatoms. The molecule has 3 nitrogen and oxygen atoms in total. The molecule has 0 spiro atoms. The molecular weight excluding hydrogens is 246 g/mol. The van der Waals surface area contributed by atoms with E-state index in [0.29, 0.717) is 0 Å². The highest BCUT2D eigenvalue weighted by Gasteiger charge is 2.18. The predicted octanol–water partition coefficient (Wildman–Crippen LogP) is 2.86. The molecule has 108 valence electrons. The van der Waals surface area contributed by atoms with E-state index in [1.54, 1.807) is 0 Å². The van der Waals surface area contributed by atoms with Crippen LogP contribution in [0.3, 0.4) is 0 Å². The lowest BCUT2D eigenvalue weighted by Gasteiger charge is -2.34. The van der Waals surface area contributed by atoms with Crippen LogP contribution in [0.2, 0.25) is 0 Å². The van der Waals surface area contributed by atoms with Gasteiger partial charge in [0.1, 0.15) is 0 Å². The third-order valence-corrected chi connectivity index (χ3v) is 4.29. The van der Waals surface area contributed by atoms with Gasteiger partial charge in [-0.2, -0.15) is 5.26 Å². The molecule has 1 aromatic carbocycles. The van der Waals surface area contributed by atoms with Crippen molar-refractivity contribution in [3.8, 4) is 6.07 Å². The molecule has 1 aliphatic heterocycles. The van der Waals surface area contributed by atoms with Gasteiger partial charge in [-0.25, -0.2) is 0 Å². The summed E-state index contributed by atoms with van der Waals surface area (Å²) in [6, 6.07) is 10.9. The molecule has 20 heavy (non-hydrogen) atoms. The Morgan fingerprint density at radius 2 is 2.15 bits per heavy atom. The van der Waals surface area contributed by atoms with Crippen molar-refractivity contribution >= 4 is 0 Å². The third-order valence-electron chi connectivity index (χ3n) is 4.29. The minimum Gasteiger partial charge on any atom is -0.301 e. The first kappa shape index (κ1) is 15.0. The number of likely N-dealkylation sites (tertiary alicyclic amines) is 1. The average molecular weight is 271 g/mol. The maximum atomic E-state index is 9.12. The summed E-state index contributed by atoms with van der Waals surface area (Å²) in [5.41, 5.74) is 1.93. The normalized spacial score (nSPS) is 20.0. The lowest BCUT2D eigenvalue weighted by atomic mass is 10.0. The van der Waals surface area contributed by atoms with Gasteiger partial charge in [0.2, 0.25) is 0 Å². The van der Waals surface area contributed by atoms with Gasteiger partial charge in [0, 0.05) is 25.7 Å². The lowest BCUT2D eigenvalue weighted by molar-refractivity contribution is 0.141. The van der Waals surface area contributed by atoms with Gasteiger partial charge in [-0.1, -0.05) is 24.6 Å². The number of nitriles is 1. The van der Waals surface area contributed by atoms with E-state index in [9.17, 15) is 0 Å². The molecule has 0 N–H and O–H groups in total. The Kier molecular flexibility index (Phi) is 5.58. The third kappa shape index (κ3) is 4.06. The molecule has 0 amide bonds. The topological polar surface area (TPSA) is 30.3 Å². The lowest BCUT2D eigenvalue weighted by Crippen LogP contribution is -2.41. The van der Waals surface area contributed by atoms with Gasteiger partial charge in [-0.15, -0.1) is 0 Å². The zero-order valence-electron chi connectivity index (χ0n) is 12.7. The summed E-state index contributed by atoms with van der Waals surface area (Å²) in [6.45, 7) is 6.62. The van der Waals surface area contributed by atoms with Crippen molar-refractivity contribution in [1.29, 1.82) is 5.26 Å². The number of rotatable bonds is 5. The summed E-state index contributed by atoms with van der Waals surface area (Å²) in [5.74, 6) is 0. The van der Waals surface area contributed by atoms with Crippen molar-refractivity contribution in [2.45, 2.75) is 38.8 Å². The van der Waals surface area contributed by atoms with E-state index >= 15 is 0 Å². The first-order valence-corrected chi connectivity index (χ1v) is 7.61. The van der Waals surface area contributed by atoms with Crippen LogP contribution in [0.1, 0.15) is 37.3 Å². The Bertz CT molecular complexity index is 464. The number of piperidine rings is 1. The minimum absolute atomic E-state index is 0.726. The zero-order chi connectivity index (χ0) is 14.4. The highest BCUT2D eigenvalue weighted by molar-refractivity contribution is 5.37. The molecule has 1 heterocycles. The molecule has 1 atom stereocenters. The van der Waals surface area contributed by atoms with Gasteiger partial charge in [0.05, 0.1) is 11.6 Å². The van der Waals surface area contributed by atoms with E-state index in [0.717, 1.165) is 36.8 Å². The van der Waals surface area contributed by atoms with Crippen LogP contribution in [0.4, 0.5) is 0 Å². The first-order valence-electron chi connectivity index (χ1n) is 7.61. The van der Waals surface area contributed by atoms with Crippen LogP contribution in [0.25, 0.3) is 0 Å². The summed E-state index contributed by atoms with van der Waals surface area (Å²) in [4.78, 5) is 4.91. The van der Waals surface area contributed by atoms with E-state index in [4.69, 9.17) is 5.26 Å².